The quantitative estimate of drug-likeness (QED) is 0.567. The summed E-state index contributed by atoms with van der Waals surface area (Å²) < 4.78 is 27.5. The van der Waals surface area contributed by atoms with Gasteiger partial charge in [-0.25, -0.2) is 0 Å². The average molecular weight is 309 g/mol. The lowest BCUT2D eigenvalue weighted by molar-refractivity contribution is -0.122. The SMILES string of the molecule is O=C1C2C3CC4C5C3C1C(Cl)(C5OS(=O)(=O)Cl)C42. The van der Waals surface area contributed by atoms with Crippen LogP contribution in [0.15, 0.2) is 0 Å². The van der Waals surface area contributed by atoms with Gasteiger partial charge in [-0.1, -0.05) is 0 Å². The van der Waals surface area contributed by atoms with Crippen molar-refractivity contribution in [3.63, 3.8) is 0 Å². The van der Waals surface area contributed by atoms with Crippen LogP contribution in [0.3, 0.4) is 0 Å². The zero-order chi connectivity index (χ0) is 12.6. The molecule has 0 spiro atoms. The van der Waals surface area contributed by atoms with Gasteiger partial charge in [0, 0.05) is 22.5 Å². The highest BCUT2D eigenvalue weighted by Crippen LogP contribution is 2.84. The Balaban J connectivity index is 1.70. The van der Waals surface area contributed by atoms with Crippen LogP contribution < -0.4 is 0 Å². The van der Waals surface area contributed by atoms with Gasteiger partial charge in [-0.05, 0) is 36.0 Å². The molecule has 9 unspecified atom stereocenters. The first-order valence-electron chi connectivity index (χ1n) is 6.21. The van der Waals surface area contributed by atoms with E-state index in [1.54, 1.807) is 0 Å². The molecule has 0 saturated heterocycles. The van der Waals surface area contributed by atoms with E-state index in [9.17, 15) is 13.2 Å². The topological polar surface area (TPSA) is 60.4 Å². The molecule has 18 heavy (non-hydrogen) atoms. The normalized spacial score (nSPS) is 66.0. The highest BCUT2D eigenvalue weighted by molar-refractivity contribution is 8.10. The number of halogens is 2. The van der Waals surface area contributed by atoms with Gasteiger partial charge in [0.1, 0.15) is 11.9 Å². The van der Waals surface area contributed by atoms with E-state index in [2.05, 4.69) is 0 Å². The van der Waals surface area contributed by atoms with Crippen LogP contribution >= 0.6 is 22.3 Å². The van der Waals surface area contributed by atoms with Gasteiger partial charge in [-0.3, -0.25) is 8.98 Å². The summed E-state index contributed by atoms with van der Waals surface area (Å²) in [5, 5.41) is 0. The van der Waals surface area contributed by atoms with Crippen LogP contribution in [-0.4, -0.2) is 25.2 Å². The molecule has 6 aliphatic rings. The molecule has 0 aromatic heterocycles. The van der Waals surface area contributed by atoms with Gasteiger partial charge in [0.2, 0.25) is 0 Å². The van der Waals surface area contributed by atoms with Crippen LogP contribution in [0.4, 0.5) is 0 Å². The zero-order valence-electron chi connectivity index (χ0n) is 9.12. The van der Waals surface area contributed by atoms with Crippen molar-refractivity contribution >= 4 is 37.4 Å². The summed E-state index contributed by atoms with van der Waals surface area (Å²) in [6, 6.07) is 0. The lowest BCUT2D eigenvalue weighted by Gasteiger charge is -2.36. The van der Waals surface area contributed by atoms with Gasteiger partial charge in [0.05, 0.1) is 4.87 Å². The number of rotatable bonds is 2. The molecule has 7 heteroatoms. The molecule has 0 heterocycles. The largest absolute Gasteiger partial charge is 0.355 e. The summed E-state index contributed by atoms with van der Waals surface area (Å²) in [5.74, 6) is 1.44. The number of carbonyl (C=O) groups is 1. The van der Waals surface area contributed by atoms with E-state index >= 15 is 0 Å². The van der Waals surface area contributed by atoms with Crippen molar-refractivity contribution < 1.29 is 17.4 Å². The van der Waals surface area contributed by atoms with Crippen molar-refractivity contribution in [3.05, 3.63) is 0 Å². The molecule has 0 N–H and O–H groups in total. The molecular formula is C11H10Cl2O4S. The molecule has 6 fully saturated rings. The Morgan fingerprint density at radius 3 is 2.61 bits per heavy atom. The molecule has 0 aliphatic heterocycles. The highest BCUT2D eigenvalue weighted by Gasteiger charge is 2.90. The minimum atomic E-state index is -4.04. The maximum atomic E-state index is 12.3. The van der Waals surface area contributed by atoms with E-state index in [1.807, 2.05) is 0 Å². The lowest BCUT2D eigenvalue weighted by Crippen LogP contribution is -2.43. The van der Waals surface area contributed by atoms with Crippen LogP contribution in [-0.2, 0) is 18.3 Å². The fraction of sp³-hybridized carbons (Fsp3) is 0.909. The fourth-order valence-corrected chi connectivity index (χ4v) is 8.00. The van der Waals surface area contributed by atoms with Crippen molar-refractivity contribution in [1.29, 1.82) is 0 Å². The van der Waals surface area contributed by atoms with E-state index < -0.39 is 20.3 Å². The van der Waals surface area contributed by atoms with Gasteiger partial charge in [0.15, 0.2) is 0 Å². The molecule has 6 aliphatic carbocycles. The van der Waals surface area contributed by atoms with Crippen molar-refractivity contribution in [3.8, 4) is 0 Å². The number of alkyl halides is 1. The number of Topliss-reactive ketones (excluding diaryl/α,β-unsaturated/α-hetero) is 1. The third-order valence-corrected chi connectivity index (χ3v) is 7.66. The highest BCUT2D eigenvalue weighted by atomic mass is 35.7. The first kappa shape index (κ1) is 10.9. The van der Waals surface area contributed by atoms with Gasteiger partial charge < -0.3 is 0 Å². The van der Waals surface area contributed by atoms with Crippen LogP contribution in [0.25, 0.3) is 0 Å². The summed E-state index contributed by atoms with van der Waals surface area (Å²) in [6.45, 7) is 0. The summed E-state index contributed by atoms with van der Waals surface area (Å²) in [4.78, 5) is 11.5. The molecule has 98 valence electrons. The summed E-state index contributed by atoms with van der Waals surface area (Å²) in [6.07, 6.45) is 0.428. The Morgan fingerprint density at radius 1 is 1.28 bits per heavy atom. The van der Waals surface area contributed by atoms with E-state index in [0.29, 0.717) is 11.8 Å². The smallest absolute Gasteiger partial charge is 0.299 e. The number of hydrogen-bond donors (Lipinski definition) is 0. The number of hydrogen-bond acceptors (Lipinski definition) is 4. The second-order valence-electron chi connectivity index (χ2n) is 6.39. The molecule has 6 rings (SSSR count). The molecule has 6 saturated carbocycles. The molecular weight excluding hydrogens is 299 g/mol. The minimum Gasteiger partial charge on any atom is -0.299 e. The van der Waals surface area contributed by atoms with Crippen molar-refractivity contribution in [2.45, 2.75) is 17.4 Å². The summed E-state index contributed by atoms with van der Waals surface area (Å²) in [7, 11) is 1.17. The lowest BCUT2D eigenvalue weighted by atomic mass is 9.71. The third kappa shape index (κ3) is 0.823. The third-order valence-electron chi connectivity index (χ3n) is 6.30. The van der Waals surface area contributed by atoms with E-state index in [-0.39, 0.29) is 35.4 Å². The average Bonchev–Trinajstić information content (AvgIpc) is 2.91. The molecule has 0 amide bonds. The Hall–Kier alpha value is 0.160. The van der Waals surface area contributed by atoms with Crippen LogP contribution in [0.2, 0.25) is 0 Å². The zero-order valence-corrected chi connectivity index (χ0v) is 11.5. The van der Waals surface area contributed by atoms with Crippen molar-refractivity contribution in [1.82, 2.24) is 0 Å². The van der Waals surface area contributed by atoms with Gasteiger partial charge >= 0.3 is 9.33 Å². The Bertz CT molecular complexity index is 604. The monoisotopic (exact) mass is 308 g/mol. The molecule has 0 aromatic rings. The number of ketones is 1. The van der Waals surface area contributed by atoms with Crippen LogP contribution in [0.1, 0.15) is 6.42 Å². The predicted octanol–water partition coefficient (Wildman–Crippen LogP) is 1.17. The Morgan fingerprint density at radius 2 is 2.00 bits per heavy atom. The molecule has 9 atom stereocenters. The molecule has 0 aromatic carbocycles. The number of carbonyl (C=O) groups excluding carboxylic acids is 1. The molecule has 0 radical (unpaired) electrons. The van der Waals surface area contributed by atoms with Crippen molar-refractivity contribution in [2.24, 2.45) is 41.4 Å². The molecule has 6 bridgehead atoms. The standard InChI is InChI=1S/C11H10Cl2O4S/c12-11-7-3-1-2-4(8(11)9(14)6(2)7)5(3)10(11)17-18(13,15)16/h2-8,10H,1H2. The summed E-state index contributed by atoms with van der Waals surface area (Å²) >= 11 is 6.71. The Kier molecular flexibility index (Phi) is 1.60. The van der Waals surface area contributed by atoms with Gasteiger partial charge in [0.25, 0.3) is 0 Å². The van der Waals surface area contributed by atoms with Crippen molar-refractivity contribution in [2.75, 3.05) is 0 Å². The van der Waals surface area contributed by atoms with Crippen LogP contribution in [0.5, 0.6) is 0 Å². The van der Waals surface area contributed by atoms with E-state index in [4.69, 9.17) is 26.5 Å². The van der Waals surface area contributed by atoms with E-state index in [1.165, 1.54) is 0 Å². The first-order chi connectivity index (χ1) is 8.36. The maximum absolute atomic E-state index is 12.3. The fourth-order valence-electron chi connectivity index (χ4n) is 6.43. The predicted molar refractivity (Wildman–Crippen MR) is 62.3 cm³/mol. The van der Waals surface area contributed by atoms with Crippen LogP contribution in [0, 0.1) is 41.4 Å². The minimum absolute atomic E-state index is 0.0744. The van der Waals surface area contributed by atoms with Gasteiger partial charge in [-0.2, -0.15) is 8.42 Å². The maximum Gasteiger partial charge on any atom is 0.355 e. The van der Waals surface area contributed by atoms with Gasteiger partial charge in [-0.15, -0.1) is 11.6 Å². The second kappa shape index (κ2) is 2.65. The summed E-state index contributed by atoms with van der Waals surface area (Å²) in [5.41, 5.74) is 0. The van der Waals surface area contributed by atoms with E-state index in [0.717, 1.165) is 6.42 Å². The molecule has 4 nitrogen and oxygen atoms in total. The Labute approximate surface area is 114 Å². The second-order valence-corrected chi connectivity index (χ2v) is 9.15. The first-order valence-corrected chi connectivity index (χ1v) is 8.82.